The van der Waals surface area contributed by atoms with Crippen LogP contribution < -0.4 is 5.32 Å². The molecule has 0 aliphatic rings. The quantitative estimate of drug-likeness (QED) is 0.686. The molecule has 0 amide bonds. The SMILES string of the molecule is CCCc1ccc(C(C)NCC(C(C)C)C(C)C)cc1. The van der Waals surface area contributed by atoms with Gasteiger partial charge in [-0.15, -0.1) is 0 Å². The molecule has 0 saturated carbocycles. The van der Waals surface area contributed by atoms with E-state index < -0.39 is 0 Å². The van der Waals surface area contributed by atoms with Crippen molar-refractivity contribution >= 4 is 0 Å². The van der Waals surface area contributed by atoms with E-state index in [1.807, 2.05) is 0 Å². The van der Waals surface area contributed by atoms with Crippen LogP contribution in [0.5, 0.6) is 0 Å². The van der Waals surface area contributed by atoms with E-state index in [9.17, 15) is 0 Å². The molecule has 1 nitrogen and oxygen atoms in total. The van der Waals surface area contributed by atoms with Crippen molar-refractivity contribution in [2.75, 3.05) is 6.54 Å². The number of aryl methyl sites for hydroxylation is 1. The third-order valence-electron chi connectivity index (χ3n) is 4.39. The second-order valence-electron chi connectivity index (χ2n) is 6.77. The second-order valence-corrected chi connectivity index (χ2v) is 6.77. The minimum Gasteiger partial charge on any atom is -0.310 e. The average Bonchev–Trinajstić information content (AvgIpc) is 2.39. The van der Waals surface area contributed by atoms with Crippen LogP contribution in [0.25, 0.3) is 0 Å². The largest absolute Gasteiger partial charge is 0.310 e. The van der Waals surface area contributed by atoms with E-state index in [0.29, 0.717) is 6.04 Å². The molecular weight excluding hydrogens is 242 g/mol. The first kappa shape index (κ1) is 17.2. The Morgan fingerprint density at radius 1 is 0.900 bits per heavy atom. The van der Waals surface area contributed by atoms with Crippen molar-refractivity contribution in [3.8, 4) is 0 Å². The van der Waals surface area contributed by atoms with E-state index in [-0.39, 0.29) is 0 Å². The number of benzene rings is 1. The molecule has 0 bridgehead atoms. The third-order valence-corrected chi connectivity index (χ3v) is 4.39. The van der Waals surface area contributed by atoms with Crippen molar-refractivity contribution in [1.29, 1.82) is 0 Å². The van der Waals surface area contributed by atoms with Gasteiger partial charge in [-0.05, 0) is 48.8 Å². The summed E-state index contributed by atoms with van der Waals surface area (Å²) in [5.41, 5.74) is 2.85. The number of rotatable bonds is 8. The summed E-state index contributed by atoms with van der Waals surface area (Å²) in [5, 5.41) is 3.71. The van der Waals surface area contributed by atoms with Crippen LogP contribution in [0.1, 0.15) is 65.1 Å². The Labute approximate surface area is 126 Å². The van der Waals surface area contributed by atoms with Crippen LogP contribution in [0.4, 0.5) is 0 Å². The van der Waals surface area contributed by atoms with E-state index in [0.717, 1.165) is 24.3 Å². The maximum atomic E-state index is 3.71. The lowest BCUT2D eigenvalue weighted by molar-refractivity contribution is 0.268. The van der Waals surface area contributed by atoms with Gasteiger partial charge in [0.1, 0.15) is 0 Å². The Bertz CT molecular complexity index is 356. The molecular formula is C19H33N. The molecule has 0 heterocycles. The predicted octanol–water partition coefficient (Wildman–Crippen LogP) is 5.22. The number of nitrogens with one attached hydrogen (secondary N) is 1. The highest BCUT2D eigenvalue weighted by Crippen LogP contribution is 2.21. The molecule has 1 unspecified atom stereocenters. The second kappa shape index (κ2) is 8.46. The van der Waals surface area contributed by atoms with Gasteiger partial charge in [0.05, 0.1) is 0 Å². The molecule has 0 aromatic heterocycles. The van der Waals surface area contributed by atoms with E-state index in [2.05, 4.69) is 71.1 Å². The summed E-state index contributed by atoms with van der Waals surface area (Å²) in [5.74, 6) is 2.22. The third kappa shape index (κ3) is 5.28. The first-order valence-electron chi connectivity index (χ1n) is 8.27. The standard InChI is InChI=1S/C19H33N/c1-7-8-17-9-11-18(12-10-17)16(6)20-13-19(14(2)3)15(4)5/h9-12,14-16,19-20H,7-8,13H2,1-6H3. The van der Waals surface area contributed by atoms with Crippen molar-refractivity contribution in [3.63, 3.8) is 0 Å². The van der Waals surface area contributed by atoms with Gasteiger partial charge in [0.2, 0.25) is 0 Å². The lowest BCUT2D eigenvalue weighted by atomic mass is 9.85. The molecule has 1 aromatic rings. The smallest absolute Gasteiger partial charge is 0.0291 e. The normalized spacial score (nSPS) is 13.4. The van der Waals surface area contributed by atoms with Crippen LogP contribution in [-0.4, -0.2) is 6.54 Å². The first-order valence-corrected chi connectivity index (χ1v) is 8.27. The van der Waals surface area contributed by atoms with Crippen molar-refractivity contribution in [3.05, 3.63) is 35.4 Å². The molecule has 0 fully saturated rings. The highest BCUT2D eigenvalue weighted by Gasteiger charge is 2.18. The first-order chi connectivity index (χ1) is 9.45. The average molecular weight is 275 g/mol. The molecule has 1 aromatic carbocycles. The Kier molecular flexibility index (Phi) is 7.29. The summed E-state index contributed by atoms with van der Waals surface area (Å²) in [6, 6.07) is 9.55. The molecule has 0 aliphatic carbocycles. The van der Waals surface area contributed by atoms with Gasteiger partial charge in [-0.1, -0.05) is 65.3 Å². The lowest BCUT2D eigenvalue weighted by Crippen LogP contribution is -2.31. The maximum absolute atomic E-state index is 3.71. The Morgan fingerprint density at radius 3 is 1.90 bits per heavy atom. The fraction of sp³-hybridized carbons (Fsp3) is 0.684. The molecule has 0 saturated heterocycles. The summed E-state index contributed by atoms with van der Waals surface area (Å²) >= 11 is 0. The molecule has 1 rings (SSSR count). The fourth-order valence-electron chi connectivity index (χ4n) is 2.93. The molecule has 0 radical (unpaired) electrons. The molecule has 0 aliphatic heterocycles. The lowest BCUT2D eigenvalue weighted by Gasteiger charge is -2.27. The summed E-state index contributed by atoms with van der Waals surface area (Å²) in [7, 11) is 0. The van der Waals surface area contributed by atoms with Crippen LogP contribution in [0.15, 0.2) is 24.3 Å². The molecule has 0 spiro atoms. The Balaban J connectivity index is 2.55. The molecule has 1 N–H and O–H groups in total. The molecule has 1 atom stereocenters. The summed E-state index contributed by atoms with van der Waals surface area (Å²) in [6.07, 6.45) is 2.41. The minimum atomic E-state index is 0.436. The van der Waals surface area contributed by atoms with Crippen LogP contribution in [-0.2, 0) is 6.42 Å². The van der Waals surface area contributed by atoms with Gasteiger partial charge >= 0.3 is 0 Å². The van der Waals surface area contributed by atoms with E-state index >= 15 is 0 Å². The molecule has 20 heavy (non-hydrogen) atoms. The Morgan fingerprint density at radius 2 is 1.45 bits per heavy atom. The summed E-state index contributed by atoms with van der Waals surface area (Å²) in [4.78, 5) is 0. The summed E-state index contributed by atoms with van der Waals surface area (Å²) < 4.78 is 0. The van der Waals surface area contributed by atoms with Crippen molar-refractivity contribution in [2.45, 2.75) is 60.4 Å². The van der Waals surface area contributed by atoms with Crippen LogP contribution >= 0.6 is 0 Å². The van der Waals surface area contributed by atoms with Gasteiger partial charge < -0.3 is 5.32 Å². The van der Waals surface area contributed by atoms with Gasteiger partial charge in [-0.25, -0.2) is 0 Å². The van der Waals surface area contributed by atoms with Gasteiger partial charge in [-0.3, -0.25) is 0 Å². The predicted molar refractivity (Wildman–Crippen MR) is 90.0 cm³/mol. The van der Waals surface area contributed by atoms with Crippen molar-refractivity contribution in [2.24, 2.45) is 17.8 Å². The van der Waals surface area contributed by atoms with E-state index in [1.165, 1.54) is 24.0 Å². The van der Waals surface area contributed by atoms with Crippen LogP contribution in [0, 0.1) is 17.8 Å². The maximum Gasteiger partial charge on any atom is 0.0291 e. The topological polar surface area (TPSA) is 12.0 Å². The zero-order chi connectivity index (χ0) is 15.1. The monoisotopic (exact) mass is 275 g/mol. The van der Waals surface area contributed by atoms with Gasteiger partial charge in [-0.2, -0.15) is 0 Å². The van der Waals surface area contributed by atoms with Crippen LogP contribution in [0.2, 0.25) is 0 Å². The van der Waals surface area contributed by atoms with Gasteiger partial charge in [0.25, 0.3) is 0 Å². The number of hydrogen-bond donors (Lipinski definition) is 1. The fourth-order valence-corrected chi connectivity index (χ4v) is 2.93. The van der Waals surface area contributed by atoms with Crippen LogP contribution in [0.3, 0.4) is 0 Å². The number of hydrogen-bond acceptors (Lipinski definition) is 1. The Hall–Kier alpha value is -0.820. The van der Waals surface area contributed by atoms with Gasteiger partial charge in [0, 0.05) is 6.04 Å². The minimum absolute atomic E-state index is 0.436. The van der Waals surface area contributed by atoms with Crippen molar-refractivity contribution in [1.82, 2.24) is 5.32 Å². The summed E-state index contributed by atoms with van der Waals surface area (Å²) in [6.45, 7) is 14.9. The zero-order valence-corrected chi connectivity index (χ0v) is 14.2. The zero-order valence-electron chi connectivity index (χ0n) is 14.2. The van der Waals surface area contributed by atoms with E-state index in [1.54, 1.807) is 0 Å². The molecule has 1 heteroatoms. The highest BCUT2D eigenvalue weighted by molar-refractivity contribution is 5.24. The highest BCUT2D eigenvalue weighted by atomic mass is 14.9. The van der Waals surface area contributed by atoms with E-state index in [4.69, 9.17) is 0 Å². The van der Waals surface area contributed by atoms with Gasteiger partial charge in [0.15, 0.2) is 0 Å². The van der Waals surface area contributed by atoms with Crippen molar-refractivity contribution < 1.29 is 0 Å². The molecule has 114 valence electrons.